The molecule has 1 aliphatic rings. The van der Waals surface area contributed by atoms with Crippen molar-refractivity contribution in [1.82, 2.24) is 4.90 Å². The Kier molecular flexibility index (Phi) is 4.13. The van der Waals surface area contributed by atoms with Gasteiger partial charge in [-0.2, -0.15) is 0 Å². The summed E-state index contributed by atoms with van der Waals surface area (Å²) in [5.41, 5.74) is 0.630. The number of carboxylic acids is 1. The Morgan fingerprint density at radius 2 is 2.21 bits per heavy atom. The first kappa shape index (κ1) is 14.3. The number of rotatable bonds is 3. The molecule has 5 heteroatoms. The summed E-state index contributed by atoms with van der Waals surface area (Å²) in [6.45, 7) is 4.99. The number of ether oxygens (including phenoxy) is 1. The van der Waals surface area contributed by atoms with Crippen LogP contribution in [0.5, 0.6) is 0 Å². The Bertz CT molecular complexity index is 476. The van der Waals surface area contributed by atoms with Crippen molar-refractivity contribution in [3.8, 4) is 0 Å². The Morgan fingerprint density at radius 1 is 1.53 bits per heavy atom. The van der Waals surface area contributed by atoms with Gasteiger partial charge >= 0.3 is 5.97 Å². The first-order valence-electron chi connectivity index (χ1n) is 6.23. The standard InChI is InChI=1S/C14H18ClNO3/c1-14(2)9-19-12(7-16(14)8-13(17)18)10-5-3-4-6-11(10)15/h3-6,12H,7-9H2,1-2H3,(H,17,18)/t12-/m0/s1. The van der Waals surface area contributed by atoms with Crippen molar-refractivity contribution in [3.05, 3.63) is 34.9 Å². The average Bonchev–Trinajstić information content (AvgIpc) is 2.32. The molecule has 0 saturated carbocycles. The summed E-state index contributed by atoms with van der Waals surface area (Å²) in [5, 5.41) is 9.66. The summed E-state index contributed by atoms with van der Waals surface area (Å²) < 4.78 is 5.85. The molecular weight excluding hydrogens is 266 g/mol. The van der Waals surface area contributed by atoms with Crippen LogP contribution in [0.4, 0.5) is 0 Å². The van der Waals surface area contributed by atoms with Crippen LogP contribution in [0.25, 0.3) is 0 Å². The van der Waals surface area contributed by atoms with Gasteiger partial charge in [0.15, 0.2) is 0 Å². The van der Waals surface area contributed by atoms with Crippen LogP contribution in [0.15, 0.2) is 24.3 Å². The van der Waals surface area contributed by atoms with Gasteiger partial charge < -0.3 is 9.84 Å². The Balaban J connectivity index is 2.18. The van der Waals surface area contributed by atoms with Gasteiger partial charge in [-0.3, -0.25) is 9.69 Å². The quantitative estimate of drug-likeness (QED) is 0.926. The Labute approximate surface area is 117 Å². The lowest BCUT2D eigenvalue weighted by molar-refractivity contribution is -0.147. The lowest BCUT2D eigenvalue weighted by Gasteiger charge is -2.44. The SMILES string of the molecule is CC1(C)CO[C@H](c2ccccc2Cl)CN1CC(=O)O. The molecule has 1 fully saturated rings. The summed E-state index contributed by atoms with van der Waals surface area (Å²) in [4.78, 5) is 12.9. The minimum atomic E-state index is -0.826. The van der Waals surface area contributed by atoms with E-state index in [1.807, 2.05) is 43.0 Å². The number of nitrogens with zero attached hydrogens (tertiary/aromatic N) is 1. The second-order valence-corrected chi connectivity index (χ2v) is 5.82. The average molecular weight is 284 g/mol. The largest absolute Gasteiger partial charge is 0.480 e. The number of benzene rings is 1. The van der Waals surface area contributed by atoms with Gasteiger partial charge in [-0.25, -0.2) is 0 Å². The minimum absolute atomic E-state index is 0.0112. The fourth-order valence-electron chi connectivity index (χ4n) is 2.26. The molecule has 1 aromatic rings. The van der Waals surface area contributed by atoms with Crippen molar-refractivity contribution >= 4 is 17.6 Å². The number of carbonyl (C=O) groups is 1. The van der Waals surface area contributed by atoms with Crippen molar-refractivity contribution in [2.24, 2.45) is 0 Å². The molecule has 0 spiro atoms. The van der Waals surface area contributed by atoms with E-state index in [2.05, 4.69) is 0 Å². The molecule has 0 aromatic heterocycles. The van der Waals surface area contributed by atoms with E-state index >= 15 is 0 Å². The molecule has 1 atom stereocenters. The van der Waals surface area contributed by atoms with E-state index in [0.717, 1.165) is 5.56 Å². The fraction of sp³-hybridized carbons (Fsp3) is 0.500. The maximum atomic E-state index is 11.0. The Morgan fingerprint density at radius 3 is 2.84 bits per heavy atom. The van der Waals surface area contributed by atoms with Crippen molar-refractivity contribution in [1.29, 1.82) is 0 Å². The van der Waals surface area contributed by atoms with E-state index in [4.69, 9.17) is 21.4 Å². The second-order valence-electron chi connectivity index (χ2n) is 5.41. The number of aliphatic carboxylic acids is 1. The topological polar surface area (TPSA) is 49.8 Å². The summed E-state index contributed by atoms with van der Waals surface area (Å²) in [5.74, 6) is -0.826. The van der Waals surface area contributed by atoms with E-state index in [0.29, 0.717) is 18.2 Å². The molecule has 104 valence electrons. The molecule has 0 bridgehead atoms. The number of hydrogen-bond acceptors (Lipinski definition) is 3. The summed E-state index contributed by atoms with van der Waals surface area (Å²) in [6.07, 6.45) is -0.180. The predicted molar refractivity (Wildman–Crippen MR) is 73.4 cm³/mol. The second kappa shape index (κ2) is 5.49. The van der Waals surface area contributed by atoms with Crippen LogP contribution in [0.1, 0.15) is 25.5 Å². The number of hydrogen-bond donors (Lipinski definition) is 1. The first-order valence-corrected chi connectivity index (χ1v) is 6.61. The molecular formula is C14H18ClNO3. The number of carboxylic acid groups (broad SMARTS) is 1. The lowest BCUT2D eigenvalue weighted by atomic mass is 9.98. The highest BCUT2D eigenvalue weighted by Gasteiger charge is 2.37. The maximum absolute atomic E-state index is 11.0. The molecule has 1 aliphatic heterocycles. The summed E-state index contributed by atoms with van der Waals surface area (Å²) in [6, 6.07) is 7.52. The number of halogens is 1. The van der Waals surface area contributed by atoms with Gasteiger partial charge in [0.25, 0.3) is 0 Å². The monoisotopic (exact) mass is 283 g/mol. The van der Waals surface area contributed by atoms with Gasteiger partial charge in [0.05, 0.1) is 19.3 Å². The molecule has 4 nitrogen and oxygen atoms in total. The van der Waals surface area contributed by atoms with E-state index in [1.165, 1.54) is 0 Å². The minimum Gasteiger partial charge on any atom is -0.480 e. The highest BCUT2D eigenvalue weighted by atomic mass is 35.5. The van der Waals surface area contributed by atoms with Gasteiger partial charge in [0, 0.05) is 22.7 Å². The van der Waals surface area contributed by atoms with Gasteiger partial charge in [-0.05, 0) is 19.9 Å². The normalized spacial score (nSPS) is 23.2. The van der Waals surface area contributed by atoms with E-state index in [-0.39, 0.29) is 18.2 Å². The smallest absolute Gasteiger partial charge is 0.317 e. The number of morpholine rings is 1. The highest BCUT2D eigenvalue weighted by molar-refractivity contribution is 6.31. The van der Waals surface area contributed by atoms with E-state index in [1.54, 1.807) is 0 Å². The molecule has 0 radical (unpaired) electrons. The van der Waals surface area contributed by atoms with Crippen molar-refractivity contribution in [2.45, 2.75) is 25.5 Å². The van der Waals surface area contributed by atoms with Crippen molar-refractivity contribution in [2.75, 3.05) is 19.7 Å². The van der Waals surface area contributed by atoms with Crippen molar-refractivity contribution < 1.29 is 14.6 Å². The molecule has 1 aromatic carbocycles. The lowest BCUT2D eigenvalue weighted by Crippen LogP contribution is -2.55. The fourth-order valence-corrected chi connectivity index (χ4v) is 2.52. The zero-order chi connectivity index (χ0) is 14.0. The maximum Gasteiger partial charge on any atom is 0.317 e. The molecule has 1 N–H and O–H groups in total. The summed E-state index contributed by atoms with van der Waals surface area (Å²) in [7, 11) is 0. The molecule has 0 unspecified atom stereocenters. The van der Waals surface area contributed by atoms with Gasteiger partial charge in [-0.15, -0.1) is 0 Å². The van der Waals surface area contributed by atoms with Crippen LogP contribution in [-0.4, -0.2) is 41.2 Å². The van der Waals surface area contributed by atoms with E-state index in [9.17, 15) is 4.79 Å². The third kappa shape index (κ3) is 3.26. The van der Waals surface area contributed by atoms with Crippen LogP contribution >= 0.6 is 11.6 Å². The van der Waals surface area contributed by atoms with Crippen LogP contribution in [0.3, 0.4) is 0 Å². The molecule has 0 amide bonds. The van der Waals surface area contributed by atoms with Crippen molar-refractivity contribution in [3.63, 3.8) is 0 Å². The zero-order valence-corrected chi connectivity index (χ0v) is 11.9. The third-order valence-electron chi connectivity index (χ3n) is 3.46. The molecule has 1 heterocycles. The van der Waals surface area contributed by atoms with Gasteiger partial charge in [-0.1, -0.05) is 29.8 Å². The van der Waals surface area contributed by atoms with Crippen LogP contribution in [-0.2, 0) is 9.53 Å². The van der Waals surface area contributed by atoms with Crippen LogP contribution in [0.2, 0.25) is 5.02 Å². The van der Waals surface area contributed by atoms with Crippen LogP contribution < -0.4 is 0 Å². The third-order valence-corrected chi connectivity index (χ3v) is 3.80. The first-order chi connectivity index (χ1) is 8.90. The van der Waals surface area contributed by atoms with Gasteiger partial charge in [0.1, 0.15) is 0 Å². The predicted octanol–water partition coefficient (Wildman–Crippen LogP) is 2.58. The molecule has 0 aliphatic carbocycles. The highest BCUT2D eigenvalue weighted by Crippen LogP contribution is 2.33. The van der Waals surface area contributed by atoms with E-state index < -0.39 is 5.97 Å². The molecule has 2 rings (SSSR count). The zero-order valence-electron chi connectivity index (χ0n) is 11.1. The van der Waals surface area contributed by atoms with Crippen LogP contribution in [0, 0.1) is 0 Å². The summed E-state index contributed by atoms with van der Waals surface area (Å²) >= 11 is 6.17. The van der Waals surface area contributed by atoms with Gasteiger partial charge in [0.2, 0.25) is 0 Å². The molecule has 1 saturated heterocycles. The molecule has 19 heavy (non-hydrogen) atoms. The Hall–Kier alpha value is -1.10.